The van der Waals surface area contributed by atoms with E-state index in [-0.39, 0.29) is 24.3 Å². The summed E-state index contributed by atoms with van der Waals surface area (Å²) in [7, 11) is 0. The second-order valence-corrected chi connectivity index (χ2v) is 11.8. The van der Waals surface area contributed by atoms with Crippen LogP contribution < -0.4 is 0 Å². The van der Waals surface area contributed by atoms with E-state index in [4.69, 9.17) is 35.9 Å². The maximum atomic E-state index is 6.64. The van der Waals surface area contributed by atoms with E-state index >= 15 is 0 Å². The molecule has 3 aliphatic heterocycles. The zero-order chi connectivity index (χ0) is 25.8. The molecule has 206 valence electrons. The van der Waals surface area contributed by atoms with Crippen LogP contribution in [0.1, 0.15) is 105 Å². The molecule has 3 saturated heterocycles. The normalized spacial score (nSPS) is 31.6. The lowest BCUT2D eigenvalue weighted by atomic mass is 9.87. The summed E-state index contributed by atoms with van der Waals surface area (Å²) >= 11 is 5.70. The zero-order valence-corrected chi connectivity index (χ0v) is 24.0. The summed E-state index contributed by atoms with van der Waals surface area (Å²) in [6.45, 7) is 11.6. The molecule has 3 aliphatic rings. The second kappa shape index (κ2) is 15.7. The molecule has 36 heavy (non-hydrogen) atoms. The molecule has 6 heteroatoms. The van der Waals surface area contributed by atoms with Crippen molar-refractivity contribution in [2.24, 2.45) is 5.92 Å². The van der Waals surface area contributed by atoms with Crippen LogP contribution in [0.2, 0.25) is 0 Å². The Morgan fingerprint density at radius 3 is 2.47 bits per heavy atom. The fourth-order valence-electron chi connectivity index (χ4n) is 5.19. The van der Waals surface area contributed by atoms with Gasteiger partial charge in [-0.3, -0.25) is 0 Å². The quantitative estimate of drug-likeness (QED) is 0.196. The average molecular weight is 523 g/mol. The minimum absolute atomic E-state index is 0.0158. The van der Waals surface area contributed by atoms with Gasteiger partial charge in [0.15, 0.2) is 12.6 Å². The molecule has 0 N–H and O–H groups in total. The molecule has 3 rings (SSSR count). The third-order valence-electron chi connectivity index (χ3n) is 7.81. The topological polar surface area (TPSA) is 46.2 Å². The molecular formula is C30H50O5S. The van der Waals surface area contributed by atoms with E-state index in [9.17, 15) is 0 Å². The summed E-state index contributed by atoms with van der Waals surface area (Å²) in [5, 5.41) is 0. The summed E-state index contributed by atoms with van der Waals surface area (Å²) in [5.41, 5.74) is 2.28. The van der Waals surface area contributed by atoms with E-state index in [0.29, 0.717) is 19.1 Å². The molecule has 5 nitrogen and oxygen atoms in total. The predicted octanol–water partition coefficient (Wildman–Crippen LogP) is 7.47. The summed E-state index contributed by atoms with van der Waals surface area (Å²) in [6, 6.07) is 0. The molecule has 3 fully saturated rings. The Balaban J connectivity index is 1.56. The molecule has 0 radical (unpaired) electrons. The monoisotopic (exact) mass is 522 g/mol. The van der Waals surface area contributed by atoms with E-state index in [0.717, 1.165) is 82.3 Å². The molecule has 3 heterocycles. The van der Waals surface area contributed by atoms with Crippen LogP contribution in [0, 0.1) is 5.92 Å². The number of hydrogen-bond donors (Lipinski definition) is 0. The Hall–Kier alpha value is -0.630. The zero-order valence-electron chi connectivity index (χ0n) is 23.2. The molecule has 0 aromatic heterocycles. The number of ether oxygens (including phenoxy) is 5. The largest absolute Gasteiger partial charge is 0.368 e. The first kappa shape index (κ1) is 29.9. The van der Waals surface area contributed by atoms with E-state index in [1.807, 2.05) is 0 Å². The first-order valence-electron chi connectivity index (χ1n) is 14.3. The van der Waals surface area contributed by atoms with Gasteiger partial charge in [-0.05, 0) is 114 Å². The Labute approximate surface area is 225 Å². The number of hydrogen-bond acceptors (Lipinski definition) is 6. The van der Waals surface area contributed by atoms with Gasteiger partial charge in [-0.15, -0.1) is 0 Å². The first-order chi connectivity index (χ1) is 17.4. The maximum Gasteiger partial charge on any atom is 0.158 e. The predicted molar refractivity (Wildman–Crippen MR) is 149 cm³/mol. The van der Waals surface area contributed by atoms with Crippen LogP contribution in [0.5, 0.6) is 0 Å². The fraction of sp³-hybridized carbons (Fsp3) is 0.833. The van der Waals surface area contributed by atoms with Gasteiger partial charge >= 0.3 is 0 Å². The van der Waals surface area contributed by atoms with Crippen molar-refractivity contribution >= 4 is 17.1 Å². The Morgan fingerprint density at radius 1 is 1.08 bits per heavy atom. The molecule has 5 atom stereocenters. The molecule has 0 spiro atoms. The molecule has 0 aromatic carbocycles. The van der Waals surface area contributed by atoms with Gasteiger partial charge < -0.3 is 23.7 Å². The third kappa shape index (κ3) is 10.3. The second-order valence-electron chi connectivity index (χ2n) is 11.3. The van der Waals surface area contributed by atoms with E-state index < -0.39 is 0 Å². The van der Waals surface area contributed by atoms with Gasteiger partial charge in [0, 0.05) is 13.2 Å². The van der Waals surface area contributed by atoms with Crippen LogP contribution in [-0.4, -0.2) is 55.6 Å². The summed E-state index contributed by atoms with van der Waals surface area (Å²) in [5.74, 6) is 0.431. The molecule has 0 aliphatic carbocycles. The molecule has 3 unspecified atom stereocenters. The third-order valence-corrected chi connectivity index (χ3v) is 8.38. The fourth-order valence-corrected chi connectivity index (χ4v) is 5.40. The van der Waals surface area contributed by atoms with Crippen LogP contribution >= 0.6 is 12.2 Å². The van der Waals surface area contributed by atoms with Gasteiger partial charge in [0.25, 0.3) is 0 Å². The summed E-state index contributed by atoms with van der Waals surface area (Å²) < 4.78 is 30.8. The lowest BCUT2D eigenvalue weighted by Crippen LogP contribution is -2.45. The van der Waals surface area contributed by atoms with Gasteiger partial charge in [-0.25, -0.2) is 0 Å². The lowest BCUT2D eigenvalue weighted by Gasteiger charge is -2.38. The van der Waals surface area contributed by atoms with Gasteiger partial charge in [0.1, 0.15) is 0 Å². The van der Waals surface area contributed by atoms with Crippen LogP contribution in [0.15, 0.2) is 23.3 Å². The van der Waals surface area contributed by atoms with Gasteiger partial charge in [-0.1, -0.05) is 36.9 Å². The molecule has 0 amide bonds. The van der Waals surface area contributed by atoms with Crippen molar-refractivity contribution < 1.29 is 23.7 Å². The van der Waals surface area contributed by atoms with Crippen molar-refractivity contribution in [3.8, 4) is 0 Å². The Morgan fingerprint density at radius 2 is 1.81 bits per heavy atom. The van der Waals surface area contributed by atoms with Crippen molar-refractivity contribution in [3.63, 3.8) is 0 Å². The van der Waals surface area contributed by atoms with Crippen LogP contribution in [-0.2, 0) is 23.7 Å². The van der Waals surface area contributed by atoms with Gasteiger partial charge in [0.05, 0.1) is 24.9 Å². The van der Waals surface area contributed by atoms with Crippen molar-refractivity contribution in [1.82, 2.24) is 0 Å². The van der Waals surface area contributed by atoms with Gasteiger partial charge in [0.2, 0.25) is 0 Å². The molecule has 0 bridgehead atoms. The van der Waals surface area contributed by atoms with E-state index in [1.165, 1.54) is 24.0 Å². The Bertz CT molecular complexity index is 719. The van der Waals surface area contributed by atoms with Crippen LogP contribution in [0.4, 0.5) is 0 Å². The highest BCUT2D eigenvalue weighted by Gasteiger charge is 2.40. The first-order valence-corrected chi connectivity index (χ1v) is 14.7. The minimum atomic E-state index is -0.342. The smallest absolute Gasteiger partial charge is 0.158 e. The highest BCUT2D eigenvalue weighted by Crippen LogP contribution is 2.35. The maximum absolute atomic E-state index is 6.64. The highest BCUT2D eigenvalue weighted by molar-refractivity contribution is 7.80. The number of rotatable bonds is 12. The SMILES string of the molecule is CC(C)=CCC(=S)C(C)CCC[C@]1(C)OCC(=CCOC2CCCCO2)CC[C@H]1OC1CCCCO1. The van der Waals surface area contributed by atoms with E-state index in [2.05, 4.69) is 39.8 Å². The van der Waals surface area contributed by atoms with Crippen LogP contribution in [0.3, 0.4) is 0 Å². The average Bonchev–Trinajstić information content (AvgIpc) is 3.03. The van der Waals surface area contributed by atoms with Gasteiger partial charge in [-0.2, -0.15) is 0 Å². The van der Waals surface area contributed by atoms with E-state index in [1.54, 1.807) is 0 Å². The summed E-state index contributed by atoms with van der Waals surface area (Å²) in [4.78, 5) is 1.15. The van der Waals surface area contributed by atoms with Crippen LogP contribution in [0.25, 0.3) is 0 Å². The minimum Gasteiger partial charge on any atom is -0.368 e. The number of allylic oxidation sites excluding steroid dienone is 2. The molecule has 0 aromatic rings. The standard InChI is InChI=1S/C30H50O5S/c1-23(2)13-15-26(36)24(3)10-9-18-30(4)27(35-29-12-6-8-20-32-29)16-14-25(22-34-30)17-21-33-28-11-5-7-19-31-28/h13,17,24,27-29H,5-12,14-16,18-22H2,1-4H3/t24?,27-,28?,29?,30+/m1/s1. The lowest BCUT2D eigenvalue weighted by molar-refractivity contribution is -0.232. The van der Waals surface area contributed by atoms with Crippen molar-refractivity contribution in [2.75, 3.05) is 26.4 Å². The summed E-state index contributed by atoms with van der Waals surface area (Å²) in [6.07, 6.45) is 16.8. The van der Waals surface area contributed by atoms with Crippen molar-refractivity contribution in [3.05, 3.63) is 23.3 Å². The highest BCUT2D eigenvalue weighted by atomic mass is 32.1. The number of thiocarbonyl (C=S) groups is 1. The van der Waals surface area contributed by atoms with Crippen molar-refractivity contribution in [1.29, 1.82) is 0 Å². The van der Waals surface area contributed by atoms with Crippen molar-refractivity contribution in [2.45, 2.75) is 129 Å². The molecular weight excluding hydrogens is 472 g/mol. The molecule has 0 saturated carbocycles. The Kier molecular flexibility index (Phi) is 13.1.